The second-order valence-electron chi connectivity index (χ2n) is 3.25. The summed E-state index contributed by atoms with van der Waals surface area (Å²) in [5, 5.41) is 10.5. The lowest BCUT2D eigenvalue weighted by Crippen LogP contribution is -2.37. The lowest BCUT2D eigenvalue weighted by molar-refractivity contribution is -0.138. The highest BCUT2D eigenvalue weighted by Gasteiger charge is 2.18. The molecule has 0 heterocycles. The molecule has 0 rings (SSSR count). The number of carbonyl (C=O) groups excluding carboxylic acids is 2. The van der Waals surface area contributed by atoms with Gasteiger partial charge >= 0.3 is 5.97 Å². The molecule has 0 saturated heterocycles. The van der Waals surface area contributed by atoms with E-state index in [2.05, 4.69) is 5.32 Å². The molecular formula is C9H15NO4S. The molecule has 0 aromatic carbocycles. The zero-order valence-corrected chi connectivity index (χ0v) is 9.76. The number of thioether (sulfide) groups is 1. The van der Waals surface area contributed by atoms with Crippen LogP contribution in [0.2, 0.25) is 0 Å². The second kappa shape index (κ2) is 6.44. The highest BCUT2D eigenvalue weighted by Crippen LogP contribution is 2.16. The number of carboxylic acid groups (broad SMARTS) is 1. The summed E-state index contributed by atoms with van der Waals surface area (Å²) in [7, 11) is 0. The van der Waals surface area contributed by atoms with E-state index in [9.17, 15) is 14.4 Å². The fraction of sp³-hybridized carbons (Fsp3) is 0.667. The van der Waals surface area contributed by atoms with Gasteiger partial charge in [0.2, 0.25) is 5.91 Å². The third kappa shape index (κ3) is 6.96. The van der Waals surface area contributed by atoms with Crippen LogP contribution >= 0.6 is 11.8 Å². The van der Waals surface area contributed by atoms with E-state index >= 15 is 0 Å². The minimum absolute atomic E-state index is 0.138. The van der Waals surface area contributed by atoms with Gasteiger partial charge in [-0.05, 0) is 6.92 Å². The number of nitrogens with one attached hydrogen (secondary N) is 1. The first kappa shape index (κ1) is 14.0. The number of rotatable bonds is 5. The van der Waals surface area contributed by atoms with Gasteiger partial charge in [-0.25, -0.2) is 0 Å². The van der Waals surface area contributed by atoms with Crippen LogP contribution in [0.25, 0.3) is 0 Å². The fourth-order valence-corrected chi connectivity index (χ4v) is 1.81. The van der Waals surface area contributed by atoms with E-state index in [-0.39, 0.29) is 17.2 Å². The Hall–Kier alpha value is -1.04. The summed E-state index contributed by atoms with van der Waals surface area (Å²) < 4.78 is 0. The summed E-state index contributed by atoms with van der Waals surface area (Å²) >= 11 is 0.944. The highest BCUT2D eigenvalue weighted by molar-refractivity contribution is 8.14. The maximum Gasteiger partial charge on any atom is 0.311 e. The Bertz CT molecular complexity index is 267. The van der Waals surface area contributed by atoms with Gasteiger partial charge in [0.25, 0.3) is 0 Å². The average molecular weight is 233 g/mol. The quantitative estimate of drug-likeness (QED) is 0.681. The van der Waals surface area contributed by atoms with Crippen molar-refractivity contribution in [2.24, 2.45) is 0 Å². The van der Waals surface area contributed by atoms with E-state index in [0.717, 1.165) is 11.8 Å². The van der Waals surface area contributed by atoms with Gasteiger partial charge in [0.1, 0.15) is 6.42 Å². The number of amides is 1. The normalized spacial score (nSPS) is 14.1. The van der Waals surface area contributed by atoms with Crippen molar-refractivity contribution in [2.75, 3.05) is 0 Å². The molecule has 0 fully saturated rings. The standard InChI is InChI=1S/C9H15NO4S/c1-5(10-7(3)11)6(2)15-9(14)4-8(12)13/h5-6H,4H2,1-3H3,(H,10,11)(H,12,13). The number of hydrogen-bond donors (Lipinski definition) is 2. The molecule has 0 aliphatic rings. The Morgan fingerprint density at radius 3 is 2.27 bits per heavy atom. The molecule has 86 valence electrons. The molecule has 0 aliphatic heterocycles. The van der Waals surface area contributed by atoms with Crippen LogP contribution in [0.3, 0.4) is 0 Å². The van der Waals surface area contributed by atoms with E-state index in [1.807, 2.05) is 0 Å². The predicted molar refractivity (Wildman–Crippen MR) is 57.6 cm³/mol. The van der Waals surface area contributed by atoms with Gasteiger partial charge in [-0.15, -0.1) is 0 Å². The summed E-state index contributed by atoms with van der Waals surface area (Å²) in [4.78, 5) is 32.1. The van der Waals surface area contributed by atoms with Crippen LogP contribution < -0.4 is 5.32 Å². The molecule has 0 aromatic rings. The van der Waals surface area contributed by atoms with Gasteiger partial charge in [0, 0.05) is 18.2 Å². The molecule has 0 spiro atoms. The first-order valence-electron chi connectivity index (χ1n) is 4.51. The number of hydrogen-bond acceptors (Lipinski definition) is 4. The molecule has 1 amide bonds. The molecule has 15 heavy (non-hydrogen) atoms. The first-order valence-corrected chi connectivity index (χ1v) is 5.39. The summed E-state index contributed by atoms with van der Waals surface area (Å²) in [5.41, 5.74) is 0. The first-order chi connectivity index (χ1) is 6.82. The third-order valence-electron chi connectivity index (χ3n) is 1.75. The van der Waals surface area contributed by atoms with Crippen molar-refractivity contribution in [2.45, 2.75) is 38.5 Å². The molecule has 0 bridgehead atoms. The predicted octanol–water partition coefficient (Wildman–Crippen LogP) is 0.634. The summed E-state index contributed by atoms with van der Waals surface area (Å²) in [5.74, 6) is -1.30. The molecule has 0 radical (unpaired) electrons. The smallest absolute Gasteiger partial charge is 0.311 e. The topological polar surface area (TPSA) is 83.5 Å². The summed E-state index contributed by atoms with van der Waals surface area (Å²) in [6.45, 7) is 4.94. The SMILES string of the molecule is CC(=O)NC(C)C(C)SC(=O)CC(=O)O. The maximum atomic E-state index is 11.1. The Kier molecular flexibility index (Phi) is 6.00. The fourth-order valence-electron chi connectivity index (χ4n) is 0.913. The highest BCUT2D eigenvalue weighted by atomic mass is 32.2. The van der Waals surface area contributed by atoms with Crippen LogP contribution in [0.15, 0.2) is 0 Å². The maximum absolute atomic E-state index is 11.1. The van der Waals surface area contributed by atoms with Crippen molar-refractivity contribution in [3.8, 4) is 0 Å². The van der Waals surface area contributed by atoms with Crippen LogP contribution in [0.1, 0.15) is 27.2 Å². The molecule has 2 N–H and O–H groups in total. The Morgan fingerprint density at radius 1 is 1.33 bits per heavy atom. The average Bonchev–Trinajstić information content (AvgIpc) is 2.00. The van der Waals surface area contributed by atoms with Gasteiger partial charge in [0.15, 0.2) is 5.12 Å². The molecule has 2 unspecified atom stereocenters. The molecule has 0 aromatic heterocycles. The van der Waals surface area contributed by atoms with Crippen LogP contribution in [-0.4, -0.2) is 33.4 Å². The summed E-state index contributed by atoms with van der Waals surface area (Å²) in [6.07, 6.45) is -0.484. The molecule has 2 atom stereocenters. The molecule has 6 heteroatoms. The summed E-state index contributed by atoms with van der Waals surface area (Å²) in [6, 6.07) is -0.162. The molecule has 0 aliphatic carbocycles. The van der Waals surface area contributed by atoms with Crippen LogP contribution in [-0.2, 0) is 14.4 Å². The van der Waals surface area contributed by atoms with E-state index in [0.29, 0.717) is 0 Å². The second-order valence-corrected chi connectivity index (χ2v) is 4.69. The number of carboxylic acids is 1. The van der Waals surface area contributed by atoms with E-state index in [4.69, 9.17) is 5.11 Å². The molecule has 5 nitrogen and oxygen atoms in total. The Morgan fingerprint density at radius 2 is 1.87 bits per heavy atom. The molecule has 0 saturated carbocycles. The van der Waals surface area contributed by atoms with Crippen molar-refractivity contribution in [1.29, 1.82) is 0 Å². The van der Waals surface area contributed by atoms with Crippen molar-refractivity contribution in [1.82, 2.24) is 5.32 Å². The van der Waals surface area contributed by atoms with Gasteiger partial charge in [-0.1, -0.05) is 18.7 Å². The van der Waals surface area contributed by atoms with Crippen LogP contribution in [0, 0.1) is 0 Å². The Balaban J connectivity index is 4.00. The van der Waals surface area contributed by atoms with Gasteiger partial charge < -0.3 is 10.4 Å². The number of aliphatic carboxylic acids is 1. The minimum atomic E-state index is -1.13. The zero-order valence-electron chi connectivity index (χ0n) is 8.94. The van der Waals surface area contributed by atoms with Crippen molar-refractivity contribution in [3.05, 3.63) is 0 Å². The van der Waals surface area contributed by atoms with Crippen LogP contribution in [0.4, 0.5) is 0 Å². The largest absolute Gasteiger partial charge is 0.481 e. The third-order valence-corrected chi connectivity index (χ3v) is 2.94. The minimum Gasteiger partial charge on any atom is -0.481 e. The monoisotopic (exact) mass is 233 g/mol. The van der Waals surface area contributed by atoms with E-state index in [1.54, 1.807) is 13.8 Å². The zero-order chi connectivity index (χ0) is 12.0. The lowest BCUT2D eigenvalue weighted by atomic mass is 10.2. The number of carbonyl (C=O) groups is 3. The lowest BCUT2D eigenvalue weighted by Gasteiger charge is -2.18. The van der Waals surface area contributed by atoms with Crippen LogP contribution in [0.5, 0.6) is 0 Å². The Labute approximate surface area is 92.6 Å². The van der Waals surface area contributed by atoms with Gasteiger partial charge in [0.05, 0.1) is 0 Å². The van der Waals surface area contributed by atoms with E-state index < -0.39 is 17.5 Å². The van der Waals surface area contributed by atoms with Crippen molar-refractivity contribution >= 4 is 28.8 Å². The van der Waals surface area contributed by atoms with Gasteiger partial charge in [-0.2, -0.15) is 0 Å². The van der Waals surface area contributed by atoms with Gasteiger partial charge in [-0.3, -0.25) is 14.4 Å². The molecular weight excluding hydrogens is 218 g/mol. The van der Waals surface area contributed by atoms with Crippen molar-refractivity contribution < 1.29 is 19.5 Å². The van der Waals surface area contributed by atoms with E-state index in [1.165, 1.54) is 6.92 Å². The van der Waals surface area contributed by atoms with Crippen molar-refractivity contribution in [3.63, 3.8) is 0 Å².